The van der Waals surface area contributed by atoms with Gasteiger partial charge in [-0.25, -0.2) is 0 Å². The largest absolute Gasteiger partial charge is 0.370 e. The van der Waals surface area contributed by atoms with E-state index in [1.165, 1.54) is 0 Å². The van der Waals surface area contributed by atoms with Crippen molar-refractivity contribution in [1.82, 2.24) is 4.90 Å². The molecule has 4 nitrogen and oxygen atoms in total. The van der Waals surface area contributed by atoms with Gasteiger partial charge in [-0.3, -0.25) is 9.59 Å². The third kappa shape index (κ3) is 3.73. The maximum absolute atomic E-state index is 12.4. The third-order valence-electron chi connectivity index (χ3n) is 3.72. The number of halogens is 1. The lowest BCUT2D eigenvalue weighted by atomic mass is 9.93. The first-order valence-corrected chi connectivity index (χ1v) is 7.36. The van der Waals surface area contributed by atoms with Crippen molar-refractivity contribution >= 4 is 23.4 Å². The van der Waals surface area contributed by atoms with E-state index in [1.54, 1.807) is 0 Å². The standard InChI is InChI=1S/C15H19ClN2O2/c16-10-12-2-1-3-13(8-12)15(20)18-6-4-11(5-7-18)9-14(17)19/h1-3,8,11H,4-7,9-10H2,(H2,17,19). The molecule has 0 spiro atoms. The molecule has 5 heteroatoms. The van der Waals surface area contributed by atoms with Gasteiger partial charge in [0.25, 0.3) is 5.91 Å². The number of piperidine rings is 1. The lowest BCUT2D eigenvalue weighted by Gasteiger charge is -2.31. The maximum Gasteiger partial charge on any atom is 0.253 e. The molecule has 0 radical (unpaired) electrons. The molecule has 0 aliphatic carbocycles. The number of nitrogens with two attached hydrogens (primary N) is 1. The molecule has 0 unspecified atom stereocenters. The fourth-order valence-electron chi connectivity index (χ4n) is 2.59. The van der Waals surface area contributed by atoms with Crippen molar-refractivity contribution in [1.29, 1.82) is 0 Å². The number of primary amides is 1. The molecule has 1 heterocycles. The van der Waals surface area contributed by atoms with Crippen LogP contribution in [0.4, 0.5) is 0 Å². The molecule has 1 aliphatic rings. The van der Waals surface area contributed by atoms with E-state index in [0.29, 0.717) is 36.9 Å². The molecule has 0 saturated carbocycles. The third-order valence-corrected chi connectivity index (χ3v) is 4.03. The highest BCUT2D eigenvalue weighted by atomic mass is 35.5. The Bertz CT molecular complexity index is 496. The Morgan fingerprint density at radius 3 is 2.60 bits per heavy atom. The zero-order valence-electron chi connectivity index (χ0n) is 11.3. The van der Waals surface area contributed by atoms with E-state index in [-0.39, 0.29) is 11.8 Å². The van der Waals surface area contributed by atoms with Gasteiger partial charge >= 0.3 is 0 Å². The van der Waals surface area contributed by atoms with Crippen LogP contribution in [-0.4, -0.2) is 29.8 Å². The van der Waals surface area contributed by atoms with Crippen molar-refractivity contribution in [2.45, 2.75) is 25.1 Å². The van der Waals surface area contributed by atoms with Crippen LogP contribution in [0.1, 0.15) is 35.2 Å². The summed E-state index contributed by atoms with van der Waals surface area (Å²) in [5, 5.41) is 0. The van der Waals surface area contributed by atoms with E-state index >= 15 is 0 Å². The lowest BCUT2D eigenvalue weighted by Crippen LogP contribution is -2.39. The Kier molecular flexibility index (Phi) is 5.01. The fourth-order valence-corrected chi connectivity index (χ4v) is 2.76. The van der Waals surface area contributed by atoms with Gasteiger partial charge in [0, 0.05) is 31.0 Å². The van der Waals surface area contributed by atoms with Crippen LogP contribution >= 0.6 is 11.6 Å². The van der Waals surface area contributed by atoms with Crippen LogP contribution in [0.2, 0.25) is 0 Å². The van der Waals surface area contributed by atoms with Crippen molar-refractivity contribution in [2.75, 3.05) is 13.1 Å². The highest BCUT2D eigenvalue weighted by Gasteiger charge is 2.24. The second kappa shape index (κ2) is 6.75. The Labute approximate surface area is 123 Å². The summed E-state index contributed by atoms with van der Waals surface area (Å²) in [7, 11) is 0. The van der Waals surface area contributed by atoms with E-state index in [1.807, 2.05) is 29.2 Å². The van der Waals surface area contributed by atoms with Gasteiger partial charge in [-0.05, 0) is 36.5 Å². The van der Waals surface area contributed by atoms with Gasteiger partial charge in [0.2, 0.25) is 5.91 Å². The maximum atomic E-state index is 12.4. The van der Waals surface area contributed by atoms with Gasteiger partial charge < -0.3 is 10.6 Å². The summed E-state index contributed by atoms with van der Waals surface area (Å²) in [6.07, 6.45) is 2.09. The van der Waals surface area contributed by atoms with Gasteiger partial charge in [0.15, 0.2) is 0 Å². The summed E-state index contributed by atoms with van der Waals surface area (Å²) < 4.78 is 0. The van der Waals surface area contributed by atoms with Gasteiger partial charge in [0.1, 0.15) is 0 Å². The van der Waals surface area contributed by atoms with Crippen molar-refractivity contribution in [3.05, 3.63) is 35.4 Å². The average molecular weight is 295 g/mol. The first kappa shape index (κ1) is 14.9. The molecule has 1 saturated heterocycles. The zero-order chi connectivity index (χ0) is 14.5. The Morgan fingerprint density at radius 2 is 2.00 bits per heavy atom. The summed E-state index contributed by atoms with van der Waals surface area (Å²) in [5.41, 5.74) is 6.83. The number of amides is 2. The molecule has 20 heavy (non-hydrogen) atoms. The molecule has 108 valence electrons. The molecule has 0 bridgehead atoms. The predicted octanol–water partition coefficient (Wildman–Crippen LogP) is 2.15. The average Bonchev–Trinajstić information content (AvgIpc) is 2.47. The van der Waals surface area contributed by atoms with E-state index in [9.17, 15) is 9.59 Å². The molecule has 1 fully saturated rings. The van der Waals surface area contributed by atoms with E-state index in [4.69, 9.17) is 17.3 Å². The van der Waals surface area contributed by atoms with E-state index in [0.717, 1.165) is 18.4 Å². The molecule has 1 aromatic rings. The number of likely N-dealkylation sites (tertiary alicyclic amines) is 1. The van der Waals surface area contributed by atoms with Crippen molar-refractivity contribution in [2.24, 2.45) is 11.7 Å². The number of carbonyl (C=O) groups excluding carboxylic acids is 2. The number of benzene rings is 1. The molecule has 0 aromatic heterocycles. The van der Waals surface area contributed by atoms with Crippen LogP contribution in [0.25, 0.3) is 0 Å². The summed E-state index contributed by atoms with van der Waals surface area (Å²) in [5.74, 6) is 0.492. The minimum Gasteiger partial charge on any atom is -0.370 e. The van der Waals surface area contributed by atoms with Crippen molar-refractivity contribution in [3.8, 4) is 0 Å². The number of nitrogens with zero attached hydrogens (tertiary/aromatic N) is 1. The number of carbonyl (C=O) groups is 2. The van der Waals surface area contributed by atoms with Gasteiger partial charge in [-0.2, -0.15) is 0 Å². The molecule has 0 atom stereocenters. The number of rotatable bonds is 4. The Hall–Kier alpha value is -1.55. The van der Waals surface area contributed by atoms with Gasteiger partial charge in [-0.15, -0.1) is 11.6 Å². The molecular weight excluding hydrogens is 276 g/mol. The summed E-state index contributed by atoms with van der Waals surface area (Å²) >= 11 is 5.79. The highest BCUT2D eigenvalue weighted by Crippen LogP contribution is 2.22. The second-order valence-corrected chi connectivity index (χ2v) is 5.51. The van der Waals surface area contributed by atoms with Crippen LogP contribution in [0.3, 0.4) is 0 Å². The Balaban J connectivity index is 1.96. The normalized spacial score (nSPS) is 16.1. The van der Waals surface area contributed by atoms with Gasteiger partial charge in [-0.1, -0.05) is 12.1 Å². The number of hydrogen-bond donors (Lipinski definition) is 1. The molecule has 2 amide bonds. The summed E-state index contributed by atoms with van der Waals surface area (Å²) in [6, 6.07) is 7.41. The SMILES string of the molecule is NC(=O)CC1CCN(C(=O)c2cccc(CCl)c2)CC1. The quantitative estimate of drug-likeness (QED) is 0.865. The van der Waals surface area contributed by atoms with Crippen molar-refractivity contribution < 1.29 is 9.59 Å². The summed E-state index contributed by atoms with van der Waals surface area (Å²) in [4.78, 5) is 25.1. The van der Waals surface area contributed by atoms with Crippen LogP contribution in [-0.2, 0) is 10.7 Å². The van der Waals surface area contributed by atoms with Crippen molar-refractivity contribution in [3.63, 3.8) is 0 Å². The first-order chi connectivity index (χ1) is 9.60. The predicted molar refractivity (Wildman–Crippen MR) is 78.4 cm³/mol. The summed E-state index contributed by atoms with van der Waals surface area (Å²) in [6.45, 7) is 1.36. The molecule has 2 rings (SSSR count). The van der Waals surface area contributed by atoms with Crippen LogP contribution < -0.4 is 5.73 Å². The van der Waals surface area contributed by atoms with E-state index in [2.05, 4.69) is 0 Å². The highest BCUT2D eigenvalue weighted by molar-refractivity contribution is 6.17. The topological polar surface area (TPSA) is 63.4 Å². The lowest BCUT2D eigenvalue weighted by molar-refractivity contribution is -0.119. The zero-order valence-corrected chi connectivity index (χ0v) is 12.1. The minimum atomic E-state index is -0.260. The number of alkyl halides is 1. The second-order valence-electron chi connectivity index (χ2n) is 5.24. The molecular formula is C15H19ClN2O2. The monoisotopic (exact) mass is 294 g/mol. The molecule has 1 aliphatic heterocycles. The fraction of sp³-hybridized carbons (Fsp3) is 0.467. The molecule has 2 N–H and O–H groups in total. The van der Waals surface area contributed by atoms with Crippen LogP contribution in [0, 0.1) is 5.92 Å². The minimum absolute atomic E-state index is 0.0366. The first-order valence-electron chi connectivity index (χ1n) is 6.82. The number of hydrogen-bond acceptors (Lipinski definition) is 2. The van der Waals surface area contributed by atoms with Gasteiger partial charge in [0.05, 0.1) is 0 Å². The molecule has 1 aromatic carbocycles. The van der Waals surface area contributed by atoms with E-state index < -0.39 is 0 Å². The van der Waals surface area contributed by atoms with Crippen LogP contribution in [0.5, 0.6) is 0 Å². The smallest absolute Gasteiger partial charge is 0.253 e. The Morgan fingerprint density at radius 1 is 1.30 bits per heavy atom. The van der Waals surface area contributed by atoms with Crippen LogP contribution in [0.15, 0.2) is 24.3 Å².